The van der Waals surface area contributed by atoms with Crippen LogP contribution < -0.4 is 10.1 Å². The lowest BCUT2D eigenvalue weighted by atomic mass is 9.69. The topological polar surface area (TPSA) is 71.5 Å². The number of nitrogens with zero attached hydrogens (tertiary/aromatic N) is 1. The van der Waals surface area contributed by atoms with Crippen molar-refractivity contribution in [3.8, 4) is 17.0 Å². The second-order valence-electron chi connectivity index (χ2n) is 13.0. The molecule has 3 atom stereocenters. The smallest absolute Gasteiger partial charge is 0.217 e. The molecule has 3 aromatic rings. The summed E-state index contributed by atoms with van der Waals surface area (Å²) in [5.74, 6) is 0.754. The number of thiazole rings is 1. The van der Waals surface area contributed by atoms with Crippen molar-refractivity contribution in [2.24, 2.45) is 5.41 Å². The van der Waals surface area contributed by atoms with Crippen molar-refractivity contribution in [1.29, 1.82) is 0 Å². The summed E-state index contributed by atoms with van der Waals surface area (Å²) in [5.41, 5.74) is 6.22. The molecule has 1 amide bonds. The number of hydrogen-bond donors (Lipinski definition) is 2. The Morgan fingerprint density at radius 2 is 2.00 bits per heavy atom. The van der Waals surface area contributed by atoms with Crippen molar-refractivity contribution in [1.82, 2.24) is 10.3 Å². The summed E-state index contributed by atoms with van der Waals surface area (Å²) in [6, 6.07) is 11.1. The molecule has 40 heavy (non-hydrogen) atoms. The lowest BCUT2D eigenvalue weighted by Crippen LogP contribution is -2.47. The molecule has 1 aliphatic carbocycles. The van der Waals surface area contributed by atoms with E-state index in [1.165, 1.54) is 41.9 Å². The predicted octanol–water partition coefficient (Wildman–Crippen LogP) is 7.22. The third-order valence-corrected chi connectivity index (χ3v) is 8.90. The fourth-order valence-electron chi connectivity index (χ4n) is 6.31. The monoisotopic (exact) mass is 564 g/mol. The van der Waals surface area contributed by atoms with E-state index in [0.717, 1.165) is 43.4 Å². The van der Waals surface area contributed by atoms with Crippen molar-refractivity contribution in [2.45, 2.75) is 103 Å². The molecule has 1 saturated carbocycles. The Bertz CT molecular complexity index is 1330. The van der Waals surface area contributed by atoms with Crippen LogP contribution in [0.1, 0.15) is 88.8 Å². The maximum Gasteiger partial charge on any atom is 0.217 e. The number of fused-ring (bicyclic) bond motifs is 1. The molecule has 1 fully saturated rings. The number of benzene rings is 2. The molecule has 214 valence electrons. The van der Waals surface area contributed by atoms with Crippen molar-refractivity contribution < 1.29 is 19.0 Å². The van der Waals surface area contributed by atoms with Crippen LogP contribution >= 0.6 is 11.3 Å². The number of aliphatic hydroxyl groups excluding tert-OH is 1. The first kappa shape index (κ1) is 28.7. The average Bonchev–Trinajstić information content (AvgIpc) is 3.40. The Morgan fingerprint density at radius 1 is 1.23 bits per heavy atom. The second-order valence-corrected chi connectivity index (χ2v) is 13.7. The first-order valence-corrected chi connectivity index (χ1v) is 15.4. The Hall–Kier alpha value is -2.77. The molecular formula is C33H41FN2O3S. The van der Waals surface area contributed by atoms with E-state index in [-0.39, 0.29) is 22.7 Å². The molecular weight excluding hydrogens is 523 g/mol. The molecule has 5 nitrogen and oxygen atoms in total. The normalized spacial score (nSPS) is 19.3. The fourth-order valence-corrected chi connectivity index (χ4v) is 6.87. The Labute approximate surface area is 241 Å². The van der Waals surface area contributed by atoms with Crippen LogP contribution in [0.25, 0.3) is 11.3 Å². The fraction of sp³-hybridized carbons (Fsp3) is 0.515. The van der Waals surface area contributed by atoms with E-state index >= 15 is 0 Å². The number of carbonyl (C=O) groups is 1. The van der Waals surface area contributed by atoms with E-state index in [1.807, 2.05) is 5.38 Å². The lowest BCUT2D eigenvalue weighted by Gasteiger charge is -2.48. The highest BCUT2D eigenvalue weighted by atomic mass is 32.1. The van der Waals surface area contributed by atoms with Gasteiger partial charge in [0.25, 0.3) is 0 Å². The van der Waals surface area contributed by atoms with Crippen LogP contribution in [0.5, 0.6) is 5.75 Å². The molecule has 0 bridgehead atoms. The molecule has 7 heteroatoms. The van der Waals surface area contributed by atoms with Gasteiger partial charge < -0.3 is 15.2 Å². The Balaban J connectivity index is 1.33. The van der Waals surface area contributed by atoms with Crippen LogP contribution in [0.15, 0.2) is 47.3 Å². The number of carbonyl (C=O) groups excluding carboxylic acids is 1. The summed E-state index contributed by atoms with van der Waals surface area (Å²) in [4.78, 5) is 16.4. The summed E-state index contributed by atoms with van der Waals surface area (Å²) >= 11 is 1.42. The summed E-state index contributed by atoms with van der Waals surface area (Å²) in [5, 5.41) is 16.2. The van der Waals surface area contributed by atoms with Crippen LogP contribution in [0, 0.1) is 11.2 Å². The zero-order chi connectivity index (χ0) is 28.5. The molecule has 2 aromatic carbocycles. The minimum absolute atomic E-state index is 0.0780. The van der Waals surface area contributed by atoms with Gasteiger partial charge in [0.05, 0.1) is 23.4 Å². The van der Waals surface area contributed by atoms with Crippen molar-refractivity contribution in [3.05, 3.63) is 69.8 Å². The summed E-state index contributed by atoms with van der Waals surface area (Å²) in [6.07, 6.45) is 6.33. The van der Waals surface area contributed by atoms with E-state index in [1.54, 1.807) is 17.6 Å². The SMILES string of the molecule is CC(=O)N[C@@H](Cc1ccc(F)c(-c2cscn2)c1)[C@H](O)CC[C@H]1CC2(CCC2)Oc2ccc(CC(C)(C)C)cc21. The molecule has 0 saturated heterocycles. The summed E-state index contributed by atoms with van der Waals surface area (Å²) < 4.78 is 21.1. The molecule has 1 spiro atoms. The maximum atomic E-state index is 14.5. The van der Waals surface area contributed by atoms with E-state index < -0.39 is 12.1 Å². The first-order chi connectivity index (χ1) is 19.0. The van der Waals surface area contributed by atoms with Gasteiger partial charge in [0.15, 0.2) is 0 Å². The van der Waals surface area contributed by atoms with E-state index in [9.17, 15) is 14.3 Å². The molecule has 5 rings (SSSR count). The number of amides is 1. The van der Waals surface area contributed by atoms with Crippen LogP contribution in [-0.2, 0) is 17.6 Å². The van der Waals surface area contributed by atoms with Gasteiger partial charge in [0.2, 0.25) is 5.91 Å². The molecule has 2 heterocycles. The molecule has 1 aromatic heterocycles. The van der Waals surface area contributed by atoms with Crippen LogP contribution in [0.4, 0.5) is 4.39 Å². The Kier molecular flexibility index (Phi) is 8.35. The number of halogens is 1. The van der Waals surface area contributed by atoms with Gasteiger partial charge in [-0.1, -0.05) is 39.0 Å². The number of ether oxygens (including phenoxy) is 1. The standard InChI is InChI=1S/C33H41FN2O3S/c1-21(37)36-28(16-22-6-9-27(34)26(14-22)29-19-40-20-35-29)30(38)10-8-24-18-33(12-5-13-33)39-31-11-7-23(15-25(24)31)17-32(2,3)4/h6-7,9,11,14-15,19-20,24,28,30,38H,5,8,10,12-13,16-18H2,1-4H3,(H,36,37)/t24-,28-,30+/m0/s1. The zero-order valence-electron chi connectivity index (χ0n) is 24.0. The van der Waals surface area contributed by atoms with Gasteiger partial charge in [-0.25, -0.2) is 9.37 Å². The van der Waals surface area contributed by atoms with E-state index in [4.69, 9.17) is 4.74 Å². The van der Waals surface area contributed by atoms with Gasteiger partial charge in [0, 0.05) is 17.9 Å². The number of hydrogen-bond acceptors (Lipinski definition) is 5. The zero-order valence-corrected chi connectivity index (χ0v) is 24.8. The van der Waals surface area contributed by atoms with Crippen LogP contribution in [0.2, 0.25) is 0 Å². The minimum Gasteiger partial charge on any atom is -0.487 e. The third kappa shape index (κ3) is 6.74. The average molecular weight is 565 g/mol. The third-order valence-electron chi connectivity index (χ3n) is 8.32. The van der Waals surface area contributed by atoms with E-state index in [2.05, 4.69) is 49.3 Å². The van der Waals surface area contributed by atoms with E-state index in [0.29, 0.717) is 30.0 Å². The number of aromatic nitrogens is 1. The first-order valence-electron chi connectivity index (χ1n) is 14.4. The highest BCUT2D eigenvalue weighted by molar-refractivity contribution is 7.07. The quantitative estimate of drug-likeness (QED) is 0.288. The van der Waals surface area contributed by atoms with Gasteiger partial charge in [-0.05, 0) is 97.6 Å². The summed E-state index contributed by atoms with van der Waals surface area (Å²) in [7, 11) is 0. The number of aliphatic hydroxyl groups is 1. The molecule has 0 radical (unpaired) electrons. The Morgan fingerprint density at radius 3 is 2.65 bits per heavy atom. The van der Waals surface area contributed by atoms with Crippen LogP contribution in [-0.4, -0.2) is 33.7 Å². The van der Waals surface area contributed by atoms with Crippen LogP contribution in [0.3, 0.4) is 0 Å². The van der Waals surface area contributed by atoms with Crippen molar-refractivity contribution >= 4 is 17.2 Å². The molecule has 2 N–H and O–H groups in total. The maximum absolute atomic E-state index is 14.5. The predicted molar refractivity (Wildman–Crippen MR) is 158 cm³/mol. The lowest BCUT2D eigenvalue weighted by molar-refractivity contribution is -0.120. The van der Waals surface area contributed by atoms with Gasteiger partial charge in [-0.15, -0.1) is 11.3 Å². The van der Waals surface area contributed by atoms with Gasteiger partial charge in [-0.2, -0.15) is 0 Å². The van der Waals surface area contributed by atoms with Crippen molar-refractivity contribution in [2.75, 3.05) is 0 Å². The minimum atomic E-state index is -0.738. The highest BCUT2D eigenvalue weighted by Gasteiger charge is 2.45. The number of nitrogens with one attached hydrogen (secondary N) is 1. The molecule has 0 unspecified atom stereocenters. The number of rotatable bonds is 9. The molecule has 1 aliphatic heterocycles. The summed E-state index contributed by atoms with van der Waals surface area (Å²) in [6.45, 7) is 8.23. The molecule has 2 aliphatic rings. The largest absolute Gasteiger partial charge is 0.487 e. The van der Waals surface area contributed by atoms with Gasteiger partial charge >= 0.3 is 0 Å². The van der Waals surface area contributed by atoms with Crippen molar-refractivity contribution in [3.63, 3.8) is 0 Å². The highest BCUT2D eigenvalue weighted by Crippen LogP contribution is 2.51. The van der Waals surface area contributed by atoms with Gasteiger partial charge in [0.1, 0.15) is 17.2 Å². The second kappa shape index (κ2) is 11.6. The van der Waals surface area contributed by atoms with Gasteiger partial charge in [-0.3, -0.25) is 4.79 Å².